The molecule has 0 aromatic heterocycles. The predicted molar refractivity (Wildman–Crippen MR) is 50.8 cm³/mol. The summed E-state index contributed by atoms with van der Waals surface area (Å²) in [5.41, 5.74) is 0. The van der Waals surface area contributed by atoms with Gasteiger partial charge in [-0.15, -0.1) is 0 Å². The zero-order chi connectivity index (χ0) is 12.2. The molecule has 0 atom stereocenters. The van der Waals surface area contributed by atoms with Crippen molar-refractivity contribution in [1.82, 2.24) is 0 Å². The summed E-state index contributed by atoms with van der Waals surface area (Å²) >= 11 is 0. The number of nitrogens with zero attached hydrogens (tertiary/aromatic N) is 2. The van der Waals surface area contributed by atoms with Crippen LogP contribution < -0.4 is 0 Å². The number of quaternary nitrogens is 1. The van der Waals surface area contributed by atoms with Gasteiger partial charge in [-0.25, -0.2) is 0 Å². The second kappa shape index (κ2) is 8.79. The summed E-state index contributed by atoms with van der Waals surface area (Å²) in [6.07, 6.45) is 0.663. The van der Waals surface area contributed by atoms with Crippen molar-refractivity contribution in [3.63, 3.8) is 0 Å². The van der Waals surface area contributed by atoms with E-state index in [-0.39, 0.29) is 0 Å². The molecule has 1 fully saturated rings. The number of hydrogen-bond acceptors (Lipinski definition) is 3. The van der Waals surface area contributed by atoms with Gasteiger partial charge < -0.3 is 9.22 Å². The van der Waals surface area contributed by atoms with E-state index in [0.717, 1.165) is 37.3 Å². The Balaban J connectivity index is 0. The summed E-state index contributed by atoms with van der Waals surface area (Å²) in [6.45, 7) is 4.78. The molecule has 6 heteroatoms. The molecule has 0 aromatic carbocycles. The molecule has 1 saturated heterocycles. The van der Waals surface area contributed by atoms with Gasteiger partial charge in [0.25, 0.3) is 1.45 Å². The third-order valence-corrected chi connectivity index (χ3v) is 2.31. The normalized spacial score (nSPS) is 18.4. The Bertz CT molecular complexity index is 186. The van der Waals surface area contributed by atoms with Crippen LogP contribution in [-0.2, 0) is 9.44 Å². The molecule has 0 N–H and O–H groups in total. The molecule has 0 saturated carbocycles. The molecular formula is C8H16BFN2O2+. The van der Waals surface area contributed by atoms with E-state index in [1.54, 1.807) is 0 Å². The van der Waals surface area contributed by atoms with Crippen molar-refractivity contribution in [3.05, 3.63) is 0 Å². The number of nitriles is 1. The van der Waals surface area contributed by atoms with Crippen LogP contribution in [0.1, 0.15) is 6.42 Å². The minimum absolute atomic E-state index is 0.663. The number of halogens is 1. The van der Waals surface area contributed by atoms with Gasteiger partial charge in [-0.3, -0.25) is 4.72 Å². The average molecular weight is 203 g/mol. The van der Waals surface area contributed by atoms with Gasteiger partial charge in [-0.2, -0.15) is 5.26 Å². The number of morpholine rings is 1. The van der Waals surface area contributed by atoms with Gasteiger partial charge >= 0.3 is 12.4 Å². The van der Waals surface area contributed by atoms with Crippen molar-refractivity contribution in [3.8, 4) is 6.07 Å². The maximum atomic E-state index is 8.75. The fourth-order valence-corrected chi connectivity index (χ4v) is 1.33. The van der Waals surface area contributed by atoms with E-state index in [0.29, 0.717) is 6.42 Å². The maximum absolute atomic E-state index is 8.75. The summed E-state index contributed by atoms with van der Waals surface area (Å²) in [4.78, 5) is 0. The molecule has 0 unspecified atom stereocenters. The van der Waals surface area contributed by atoms with Crippen LogP contribution in [0.2, 0.25) is 0 Å². The van der Waals surface area contributed by atoms with Crippen LogP contribution >= 0.6 is 0 Å². The van der Waals surface area contributed by atoms with Crippen LogP contribution in [-0.4, -0.2) is 53.5 Å². The topological polar surface area (TPSA) is 50.1 Å². The minimum atomic E-state index is 0.663. The van der Waals surface area contributed by atoms with Crippen LogP contribution in [0, 0.1) is 11.3 Å². The molecule has 79 valence electrons. The molecule has 0 amide bonds. The van der Waals surface area contributed by atoms with Crippen molar-refractivity contribution >= 4 is 7.72 Å². The molecule has 1 rings (SSSR count). The molecule has 1 aliphatic heterocycles. The van der Waals surface area contributed by atoms with Gasteiger partial charge in [0.1, 0.15) is 13.1 Å². The molecule has 0 spiro atoms. The Morgan fingerprint density at radius 3 is 2.50 bits per heavy atom. The van der Waals surface area contributed by atoms with Crippen LogP contribution in [0.3, 0.4) is 0 Å². The first-order chi connectivity index (χ1) is 7.27. The summed E-state index contributed by atoms with van der Waals surface area (Å²) in [5, 5.41) is 8.42. The fraction of sp³-hybridized carbons (Fsp3) is 0.875. The fourth-order valence-electron chi connectivity index (χ4n) is 1.33. The first kappa shape index (κ1) is 13.2. The summed E-state index contributed by atoms with van der Waals surface area (Å²) in [5.74, 6) is 0. The van der Waals surface area contributed by atoms with E-state index < -0.39 is 0 Å². The van der Waals surface area contributed by atoms with E-state index in [1.807, 2.05) is 0 Å². The zero-order valence-corrected chi connectivity index (χ0v) is 8.41. The Morgan fingerprint density at radius 2 is 2.07 bits per heavy atom. The van der Waals surface area contributed by atoms with Crippen LogP contribution in [0.4, 0.5) is 4.72 Å². The second-order valence-electron chi connectivity index (χ2n) is 3.31. The van der Waals surface area contributed by atoms with Gasteiger partial charge in [0, 0.05) is 0 Å². The Kier molecular flexibility index (Phi) is 8.29. The SMILES string of the molecule is C[N+]1(CCC#N)CCOCC1.[2H]F.[B]=O. The quantitative estimate of drug-likeness (QED) is 0.470. The van der Waals surface area contributed by atoms with Crippen molar-refractivity contribution in [2.75, 3.05) is 39.9 Å². The van der Waals surface area contributed by atoms with Crippen molar-refractivity contribution in [1.29, 1.82) is 6.71 Å². The first-order valence-corrected chi connectivity index (χ1v) is 4.29. The number of rotatable bonds is 2. The zero-order valence-electron chi connectivity index (χ0n) is 9.41. The Labute approximate surface area is 86.3 Å². The molecule has 1 radical (unpaired) electrons. The predicted octanol–water partition coefficient (Wildman–Crippen LogP) is 0.0298. The van der Waals surface area contributed by atoms with Crippen molar-refractivity contribution in [2.45, 2.75) is 6.42 Å². The van der Waals surface area contributed by atoms with Gasteiger partial charge in [0.2, 0.25) is 0 Å². The first-order valence-electron chi connectivity index (χ1n) is 4.66. The van der Waals surface area contributed by atoms with Crippen molar-refractivity contribution in [2.24, 2.45) is 0 Å². The molecule has 1 aliphatic rings. The third kappa shape index (κ3) is 5.78. The summed E-state index contributed by atoms with van der Waals surface area (Å²) in [6, 6.07) is 2.18. The van der Waals surface area contributed by atoms with E-state index in [1.165, 1.54) is 0 Å². The van der Waals surface area contributed by atoms with Crippen LogP contribution in [0.25, 0.3) is 0 Å². The average Bonchev–Trinajstić information content (AvgIpc) is 2.33. The Hall–Kier alpha value is -0.795. The third-order valence-electron chi connectivity index (χ3n) is 2.31. The molecule has 0 aliphatic carbocycles. The Morgan fingerprint density at radius 1 is 1.57 bits per heavy atom. The molecular weight excluding hydrogens is 186 g/mol. The van der Waals surface area contributed by atoms with E-state index in [4.69, 9.17) is 19.4 Å². The molecule has 0 aromatic rings. The van der Waals surface area contributed by atoms with Gasteiger partial charge in [-0.05, 0) is 0 Å². The molecule has 14 heavy (non-hydrogen) atoms. The second-order valence-corrected chi connectivity index (χ2v) is 3.31. The number of ether oxygens (including phenoxy) is 1. The van der Waals surface area contributed by atoms with Gasteiger partial charge in [0.05, 0.1) is 39.3 Å². The van der Waals surface area contributed by atoms with Crippen LogP contribution in [0.5, 0.6) is 0 Å². The van der Waals surface area contributed by atoms with Gasteiger partial charge in [-0.1, -0.05) is 0 Å². The number of likely N-dealkylation sites (N-methyl/N-ethyl adjacent to an activating group) is 1. The van der Waals surface area contributed by atoms with E-state index in [9.17, 15) is 0 Å². The van der Waals surface area contributed by atoms with E-state index >= 15 is 0 Å². The van der Waals surface area contributed by atoms with E-state index in [2.05, 4.69) is 22.3 Å². The summed E-state index contributed by atoms with van der Waals surface area (Å²) in [7, 11) is 5.44. The monoisotopic (exact) mass is 203 g/mol. The number of hydrogen-bond donors (Lipinski definition) is 0. The molecule has 0 bridgehead atoms. The standard InChI is InChI=1S/C8H15N2O.BO.FH/c1-10(4-2-3-9)5-7-11-8-6-10;1-2;/h2,4-8H2,1H3;;1H/q+1;;/i/hD. The molecule has 4 nitrogen and oxygen atoms in total. The molecule has 1 heterocycles. The summed E-state index contributed by atoms with van der Waals surface area (Å²) < 4.78 is 27.0. The van der Waals surface area contributed by atoms with Gasteiger partial charge in [0.15, 0.2) is 0 Å². The van der Waals surface area contributed by atoms with Crippen LogP contribution in [0.15, 0.2) is 0 Å². The van der Waals surface area contributed by atoms with Crippen molar-refractivity contribution < 1.29 is 18.6 Å².